The van der Waals surface area contributed by atoms with Crippen LogP contribution < -0.4 is 5.32 Å². The molecule has 0 fully saturated rings. The summed E-state index contributed by atoms with van der Waals surface area (Å²) in [6.07, 6.45) is 0. The zero-order valence-electron chi connectivity index (χ0n) is 21.3. The lowest BCUT2D eigenvalue weighted by molar-refractivity contribution is 0.0940. The number of hydrogen-bond acceptors (Lipinski definition) is 2. The lowest BCUT2D eigenvalue weighted by Crippen LogP contribution is -2.27. The van der Waals surface area contributed by atoms with Gasteiger partial charge in [-0.25, -0.2) is 0 Å². The number of aromatic nitrogens is 1. The van der Waals surface area contributed by atoms with Gasteiger partial charge in [0.2, 0.25) is 0 Å². The number of rotatable bonds is 6. The van der Waals surface area contributed by atoms with E-state index >= 15 is 0 Å². The van der Waals surface area contributed by atoms with Crippen molar-refractivity contribution in [3.05, 3.63) is 131 Å². The highest BCUT2D eigenvalue weighted by atomic mass is 16.1. The highest BCUT2D eigenvalue weighted by Gasteiger charge is 2.17. The van der Waals surface area contributed by atoms with Gasteiger partial charge in [0.15, 0.2) is 0 Å². The molecule has 1 atom stereocenters. The fraction of sp³-hybridized carbons (Fsp3) is 0.152. The summed E-state index contributed by atoms with van der Waals surface area (Å²) in [6.45, 7) is 6.91. The molecule has 0 saturated carbocycles. The van der Waals surface area contributed by atoms with Gasteiger partial charge in [0.25, 0.3) is 5.91 Å². The van der Waals surface area contributed by atoms with E-state index < -0.39 is 0 Å². The molecule has 0 aliphatic heterocycles. The van der Waals surface area contributed by atoms with Crippen LogP contribution in [0, 0.1) is 25.2 Å². The Labute approximate surface area is 217 Å². The molecule has 0 aliphatic rings. The van der Waals surface area contributed by atoms with Gasteiger partial charge >= 0.3 is 0 Å². The smallest absolute Gasteiger partial charge is 0.251 e. The van der Waals surface area contributed by atoms with E-state index in [9.17, 15) is 10.1 Å². The molecule has 1 N–H and O–H groups in total. The van der Waals surface area contributed by atoms with Crippen LogP contribution in [0.15, 0.2) is 97.1 Å². The lowest BCUT2D eigenvalue weighted by atomic mass is 10.0. The van der Waals surface area contributed by atoms with Crippen molar-refractivity contribution in [1.29, 1.82) is 5.26 Å². The molecule has 182 valence electrons. The molecule has 0 radical (unpaired) electrons. The summed E-state index contributed by atoms with van der Waals surface area (Å²) in [5.41, 5.74) is 9.13. The Bertz CT molecular complexity index is 1620. The monoisotopic (exact) mass is 483 g/mol. The molecule has 1 amide bonds. The molecule has 0 aliphatic carbocycles. The lowest BCUT2D eigenvalue weighted by Gasteiger charge is -2.16. The molecule has 37 heavy (non-hydrogen) atoms. The zero-order valence-corrected chi connectivity index (χ0v) is 21.3. The molecule has 5 rings (SSSR count). The van der Waals surface area contributed by atoms with Gasteiger partial charge in [-0.05, 0) is 72.9 Å². The third-order valence-corrected chi connectivity index (χ3v) is 7.20. The first-order chi connectivity index (χ1) is 18.0. The summed E-state index contributed by atoms with van der Waals surface area (Å²) in [7, 11) is 0. The van der Waals surface area contributed by atoms with E-state index in [4.69, 9.17) is 0 Å². The summed E-state index contributed by atoms with van der Waals surface area (Å²) < 4.78 is 2.32. The topological polar surface area (TPSA) is 57.8 Å². The number of carbonyl (C=O) groups is 1. The average Bonchev–Trinajstić information content (AvgIpc) is 3.18. The first-order valence-electron chi connectivity index (χ1n) is 12.5. The normalized spacial score (nSPS) is 11.7. The third-order valence-electron chi connectivity index (χ3n) is 7.20. The Balaban J connectivity index is 1.39. The molecule has 4 heteroatoms. The van der Waals surface area contributed by atoms with Gasteiger partial charge in [0.1, 0.15) is 0 Å². The van der Waals surface area contributed by atoms with Gasteiger partial charge in [-0.3, -0.25) is 4.79 Å². The van der Waals surface area contributed by atoms with Crippen molar-refractivity contribution in [2.24, 2.45) is 0 Å². The second-order valence-corrected chi connectivity index (χ2v) is 9.49. The quantitative estimate of drug-likeness (QED) is 0.275. The van der Waals surface area contributed by atoms with E-state index in [-0.39, 0.29) is 11.9 Å². The van der Waals surface area contributed by atoms with E-state index in [1.165, 1.54) is 27.9 Å². The summed E-state index contributed by atoms with van der Waals surface area (Å²) in [6, 6.07) is 34.3. The number of benzene rings is 4. The van der Waals surface area contributed by atoms with Crippen molar-refractivity contribution in [3.63, 3.8) is 0 Å². The number of amides is 1. The molecule has 5 aromatic rings. The first kappa shape index (κ1) is 24.1. The molecule has 4 aromatic carbocycles. The number of fused-ring (bicyclic) bond motifs is 1. The van der Waals surface area contributed by atoms with E-state index in [0.717, 1.165) is 23.0 Å². The summed E-state index contributed by atoms with van der Waals surface area (Å²) in [5, 5.41) is 13.5. The van der Waals surface area contributed by atoms with Crippen LogP contribution in [-0.2, 0) is 6.54 Å². The fourth-order valence-electron chi connectivity index (χ4n) is 4.94. The van der Waals surface area contributed by atoms with E-state index in [1.54, 1.807) is 6.07 Å². The summed E-state index contributed by atoms with van der Waals surface area (Å²) >= 11 is 0. The van der Waals surface area contributed by atoms with Crippen LogP contribution >= 0.6 is 0 Å². The van der Waals surface area contributed by atoms with Crippen molar-refractivity contribution in [2.75, 3.05) is 0 Å². The van der Waals surface area contributed by atoms with Crippen molar-refractivity contribution < 1.29 is 4.79 Å². The van der Waals surface area contributed by atoms with E-state index in [0.29, 0.717) is 11.1 Å². The van der Waals surface area contributed by atoms with Crippen LogP contribution in [0.1, 0.15) is 51.3 Å². The van der Waals surface area contributed by atoms with Gasteiger partial charge in [-0.15, -0.1) is 0 Å². The number of aryl methyl sites for hydroxylation is 1. The number of carbonyl (C=O) groups excluding carboxylic acids is 1. The molecule has 0 unspecified atom stereocenters. The van der Waals surface area contributed by atoms with Crippen LogP contribution in [0.5, 0.6) is 0 Å². The zero-order chi connectivity index (χ0) is 25.9. The van der Waals surface area contributed by atoms with Crippen LogP contribution in [0.4, 0.5) is 0 Å². The van der Waals surface area contributed by atoms with Crippen LogP contribution in [0.25, 0.3) is 22.0 Å². The van der Waals surface area contributed by atoms with Gasteiger partial charge in [0, 0.05) is 28.7 Å². The van der Waals surface area contributed by atoms with Gasteiger partial charge < -0.3 is 9.88 Å². The predicted molar refractivity (Wildman–Crippen MR) is 149 cm³/mol. The Kier molecular flexibility index (Phi) is 6.62. The predicted octanol–water partition coefficient (Wildman–Crippen LogP) is 7.34. The number of nitrogens with zero attached hydrogens (tertiary/aromatic N) is 2. The fourth-order valence-corrected chi connectivity index (χ4v) is 4.94. The Morgan fingerprint density at radius 3 is 2.30 bits per heavy atom. The third kappa shape index (κ3) is 4.77. The van der Waals surface area contributed by atoms with Crippen molar-refractivity contribution in [2.45, 2.75) is 33.4 Å². The Morgan fingerprint density at radius 2 is 1.57 bits per heavy atom. The van der Waals surface area contributed by atoms with Crippen LogP contribution in [0.2, 0.25) is 0 Å². The minimum atomic E-state index is -0.273. The minimum Gasteiger partial charge on any atom is -0.345 e. The van der Waals surface area contributed by atoms with E-state index in [2.05, 4.69) is 78.3 Å². The first-order valence-corrected chi connectivity index (χ1v) is 12.5. The molecule has 0 saturated heterocycles. The molecule has 0 spiro atoms. The van der Waals surface area contributed by atoms with Crippen LogP contribution in [-0.4, -0.2) is 10.5 Å². The van der Waals surface area contributed by atoms with Crippen LogP contribution in [0.3, 0.4) is 0 Å². The SMILES string of the molecule is Cc1c(C)n(Cc2ccc(-c3ccccc3)cc2)c2ccc(C(=O)N[C@@H](C)c3ccccc3C#N)cc12. The Hall–Kier alpha value is -4.62. The molecular weight excluding hydrogens is 454 g/mol. The maximum absolute atomic E-state index is 13.1. The molecule has 1 heterocycles. The summed E-state index contributed by atoms with van der Waals surface area (Å²) in [5.74, 6) is -0.150. The van der Waals surface area contributed by atoms with Crippen molar-refractivity contribution in [3.8, 4) is 17.2 Å². The van der Waals surface area contributed by atoms with Gasteiger partial charge in [0.05, 0.1) is 17.7 Å². The highest BCUT2D eigenvalue weighted by molar-refractivity contribution is 5.99. The summed E-state index contributed by atoms with van der Waals surface area (Å²) in [4.78, 5) is 13.1. The number of nitrogens with one attached hydrogen (secondary N) is 1. The molecular formula is C33H29N3O. The number of hydrogen-bond donors (Lipinski definition) is 1. The standard InChI is InChI=1S/C33H29N3O/c1-22-24(3)36(21-25-13-15-27(16-14-25)26-9-5-4-6-10-26)32-18-17-28(19-31(22)32)33(37)35-23(2)30-12-8-7-11-29(30)20-34/h4-19,23H,21H2,1-3H3,(H,35,37)/t23-/m0/s1. The highest BCUT2D eigenvalue weighted by Crippen LogP contribution is 2.28. The molecule has 4 nitrogen and oxygen atoms in total. The maximum atomic E-state index is 13.1. The minimum absolute atomic E-state index is 0.150. The average molecular weight is 484 g/mol. The second kappa shape index (κ2) is 10.2. The molecule has 0 bridgehead atoms. The van der Waals surface area contributed by atoms with Gasteiger partial charge in [-0.1, -0.05) is 72.8 Å². The Morgan fingerprint density at radius 1 is 0.892 bits per heavy atom. The van der Waals surface area contributed by atoms with Gasteiger partial charge in [-0.2, -0.15) is 5.26 Å². The number of nitriles is 1. The van der Waals surface area contributed by atoms with Crippen molar-refractivity contribution >= 4 is 16.8 Å². The molecule has 1 aromatic heterocycles. The van der Waals surface area contributed by atoms with E-state index in [1.807, 2.05) is 49.4 Å². The maximum Gasteiger partial charge on any atom is 0.251 e. The van der Waals surface area contributed by atoms with Crippen molar-refractivity contribution in [1.82, 2.24) is 9.88 Å². The second-order valence-electron chi connectivity index (χ2n) is 9.49. The largest absolute Gasteiger partial charge is 0.345 e.